The lowest BCUT2D eigenvalue weighted by atomic mass is 10.1. The molecule has 0 saturated carbocycles. The highest BCUT2D eigenvalue weighted by atomic mass is 16.5. The Hall–Kier alpha value is -1.77. The van der Waals surface area contributed by atoms with Crippen molar-refractivity contribution >= 4 is 5.97 Å². The summed E-state index contributed by atoms with van der Waals surface area (Å²) in [6, 6.07) is 8.26. The number of esters is 1. The summed E-state index contributed by atoms with van der Waals surface area (Å²) >= 11 is 0. The molecule has 0 unspecified atom stereocenters. The topological polar surface area (TPSA) is 38.3 Å². The number of ether oxygens (including phenoxy) is 1. The lowest BCUT2D eigenvalue weighted by Crippen LogP contribution is -2.12. The van der Waals surface area contributed by atoms with Gasteiger partial charge in [-0.1, -0.05) is 29.8 Å². The number of nitrogens with one attached hydrogen (secondary N) is 1. The van der Waals surface area contributed by atoms with Crippen LogP contribution in [0, 0.1) is 6.92 Å². The SMILES string of the molecule is COC(=O)/C=C(/C)NCc1ccc(C)cc1. The number of benzene rings is 1. The first-order valence-corrected chi connectivity index (χ1v) is 5.17. The molecule has 0 bridgehead atoms. The summed E-state index contributed by atoms with van der Waals surface area (Å²) in [7, 11) is 1.37. The molecule has 3 heteroatoms. The molecule has 86 valence electrons. The van der Waals surface area contributed by atoms with Gasteiger partial charge >= 0.3 is 5.97 Å². The average Bonchev–Trinajstić information content (AvgIpc) is 2.28. The maximum absolute atomic E-state index is 10.9. The summed E-state index contributed by atoms with van der Waals surface area (Å²) in [6.45, 7) is 4.60. The highest BCUT2D eigenvalue weighted by Crippen LogP contribution is 2.03. The number of aryl methyl sites for hydroxylation is 1. The van der Waals surface area contributed by atoms with E-state index in [-0.39, 0.29) is 5.97 Å². The summed E-state index contributed by atoms with van der Waals surface area (Å²) in [5, 5.41) is 3.14. The summed E-state index contributed by atoms with van der Waals surface area (Å²) in [4.78, 5) is 10.9. The number of allylic oxidation sites excluding steroid dienone is 1. The van der Waals surface area contributed by atoms with Gasteiger partial charge in [0.05, 0.1) is 7.11 Å². The lowest BCUT2D eigenvalue weighted by Gasteiger charge is -2.06. The average molecular weight is 219 g/mol. The molecule has 1 aromatic rings. The molecule has 3 nitrogen and oxygen atoms in total. The molecule has 0 radical (unpaired) electrons. The standard InChI is InChI=1S/C13H17NO2/c1-10-4-6-12(7-5-10)9-14-11(2)8-13(15)16-3/h4-8,14H,9H2,1-3H3/b11-8-. The highest BCUT2D eigenvalue weighted by Gasteiger charge is 1.96. The molecule has 0 amide bonds. The number of hydrogen-bond acceptors (Lipinski definition) is 3. The Morgan fingerprint density at radius 3 is 2.56 bits per heavy atom. The Kier molecular flexibility index (Phi) is 4.58. The molecule has 1 aromatic carbocycles. The van der Waals surface area contributed by atoms with Crippen LogP contribution in [0.1, 0.15) is 18.1 Å². The van der Waals surface area contributed by atoms with Crippen LogP contribution in [-0.2, 0) is 16.1 Å². The number of rotatable bonds is 4. The van der Waals surface area contributed by atoms with Crippen LogP contribution in [-0.4, -0.2) is 13.1 Å². The van der Waals surface area contributed by atoms with Crippen LogP contribution in [0.15, 0.2) is 36.0 Å². The molecule has 0 heterocycles. The molecule has 0 spiro atoms. The number of carbonyl (C=O) groups excluding carboxylic acids is 1. The molecule has 0 atom stereocenters. The van der Waals surface area contributed by atoms with E-state index < -0.39 is 0 Å². The van der Waals surface area contributed by atoms with Crippen molar-refractivity contribution in [2.75, 3.05) is 7.11 Å². The van der Waals surface area contributed by atoms with Crippen LogP contribution in [0.5, 0.6) is 0 Å². The first-order chi connectivity index (χ1) is 7.61. The van der Waals surface area contributed by atoms with Crippen molar-refractivity contribution in [2.24, 2.45) is 0 Å². The van der Waals surface area contributed by atoms with Crippen molar-refractivity contribution in [1.29, 1.82) is 0 Å². The normalized spacial score (nSPS) is 11.1. The molecule has 1 rings (SSSR count). The van der Waals surface area contributed by atoms with Gasteiger partial charge in [0.15, 0.2) is 0 Å². The van der Waals surface area contributed by atoms with Crippen molar-refractivity contribution in [3.8, 4) is 0 Å². The van der Waals surface area contributed by atoms with Crippen LogP contribution in [0.3, 0.4) is 0 Å². The molecule has 1 N–H and O–H groups in total. The van der Waals surface area contributed by atoms with E-state index in [2.05, 4.69) is 41.2 Å². The Labute approximate surface area is 96.1 Å². The van der Waals surface area contributed by atoms with Gasteiger partial charge in [0, 0.05) is 18.3 Å². The second-order valence-corrected chi connectivity index (χ2v) is 3.69. The van der Waals surface area contributed by atoms with E-state index in [0.717, 1.165) is 5.70 Å². The summed E-state index contributed by atoms with van der Waals surface area (Å²) < 4.78 is 4.53. The van der Waals surface area contributed by atoms with Crippen molar-refractivity contribution in [2.45, 2.75) is 20.4 Å². The third kappa shape index (κ3) is 4.17. The van der Waals surface area contributed by atoms with Crippen LogP contribution >= 0.6 is 0 Å². The van der Waals surface area contributed by atoms with E-state index in [4.69, 9.17) is 0 Å². The van der Waals surface area contributed by atoms with Crippen molar-refractivity contribution in [1.82, 2.24) is 5.32 Å². The molecule has 0 aliphatic carbocycles. The molecule has 16 heavy (non-hydrogen) atoms. The summed E-state index contributed by atoms with van der Waals surface area (Å²) in [5.74, 6) is -0.339. The minimum Gasteiger partial charge on any atom is -0.466 e. The van der Waals surface area contributed by atoms with Gasteiger partial charge in [0.1, 0.15) is 0 Å². The van der Waals surface area contributed by atoms with Crippen LogP contribution in [0.4, 0.5) is 0 Å². The van der Waals surface area contributed by atoms with Crippen LogP contribution in [0.25, 0.3) is 0 Å². The Balaban J connectivity index is 2.48. The van der Waals surface area contributed by atoms with Crippen molar-refractivity contribution < 1.29 is 9.53 Å². The predicted octanol–water partition coefficient (Wildman–Crippen LogP) is 2.16. The van der Waals surface area contributed by atoms with E-state index in [9.17, 15) is 4.79 Å². The zero-order valence-electron chi connectivity index (χ0n) is 9.91. The number of methoxy groups -OCH3 is 1. The quantitative estimate of drug-likeness (QED) is 0.623. The molecule has 0 aromatic heterocycles. The molecular formula is C13H17NO2. The maximum Gasteiger partial charge on any atom is 0.332 e. The fraction of sp³-hybridized carbons (Fsp3) is 0.308. The van der Waals surface area contributed by atoms with Gasteiger partial charge in [0.25, 0.3) is 0 Å². The highest BCUT2D eigenvalue weighted by molar-refractivity contribution is 5.82. The second kappa shape index (κ2) is 5.95. The first kappa shape index (κ1) is 12.3. The number of carbonyl (C=O) groups is 1. The van der Waals surface area contributed by atoms with Crippen molar-refractivity contribution in [3.05, 3.63) is 47.2 Å². The first-order valence-electron chi connectivity index (χ1n) is 5.17. The largest absolute Gasteiger partial charge is 0.466 e. The van der Waals surface area contributed by atoms with E-state index in [0.29, 0.717) is 6.54 Å². The molecule has 0 saturated heterocycles. The number of hydrogen-bond donors (Lipinski definition) is 1. The third-order valence-corrected chi connectivity index (χ3v) is 2.23. The Morgan fingerprint density at radius 1 is 1.38 bits per heavy atom. The Bertz CT molecular complexity index is 379. The fourth-order valence-corrected chi connectivity index (χ4v) is 1.23. The van der Waals surface area contributed by atoms with E-state index in [1.807, 2.05) is 6.92 Å². The lowest BCUT2D eigenvalue weighted by molar-refractivity contribution is -0.134. The van der Waals surface area contributed by atoms with Gasteiger partial charge in [-0.25, -0.2) is 4.79 Å². The zero-order chi connectivity index (χ0) is 12.0. The van der Waals surface area contributed by atoms with Gasteiger partial charge in [-0.15, -0.1) is 0 Å². The predicted molar refractivity (Wildman–Crippen MR) is 63.8 cm³/mol. The van der Waals surface area contributed by atoms with Gasteiger partial charge in [-0.2, -0.15) is 0 Å². The third-order valence-electron chi connectivity index (χ3n) is 2.23. The van der Waals surface area contributed by atoms with E-state index in [1.165, 1.54) is 24.3 Å². The van der Waals surface area contributed by atoms with E-state index in [1.54, 1.807) is 0 Å². The smallest absolute Gasteiger partial charge is 0.332 e. The van der Waals surface area contributed by atoms with Gasteiger partial charge < -0.3 is 10.1 Å². The second-order valence-electron chi connectivity index (χ2n) is 3.69. The molecule has 0 fully saturated rings. The maximum atomic E-state index is 10.9. The van der Waals surface area contributed by atoms with Gasteiger partial charge in [-0.3, -0.25) is 0 Å². The summed E-state index contributed by atoms with van der Waals surface area (Å²) in [6.07, 6.45) is 1.44. The zero-order valence-corrected chi connectivity index (χ0v) is 9.91. The minimum atomic E-state index is -0.339. The van der Waals surface area contributed by atoms with Crippen LogP contribution < -0.4 is 5.32 Å². The molecule has 0 aliphatic rings. The molecular weight excluding hydrogens is 202 g/mol. The van der Waals surface area contributed by atoms with Gasteiger partial charge in [-0.05, 0) is 19.4 Å². The van der Waals surface area contributed by atoms with Crippen molar-refractivity contribution in [3.63, 3.8) is 0 Å². The van der Waals surface area contributed by atoms with Gasteiger partial charge in [0.2, 0.25) is 0 Å². The monoisotopic (exact) mass is 219 g/mol. The van der Waals surface area contributed by atoms with E-state index >= 15 is 0 Å². The summed E-state index contributed by atoms with van der Waals surface area (Å²) in [5.41, 5.74) is 3.22. The Morgan fingerprint density at radius 2 is 2.00 bits per heavy atom. The minimum absolute atomic E-state index is 0.339. The fourth-order valence-electron chi connectivity index (χ4n) is 1.23. The van der Waals surface area contributed by atoms with Crippen LogP contribution in [0.2, 0.25) is 0 Å². The molecule has 0 aliphatic heterocycles.